The molecule has 1 nitrogen and oxygen atoms in total. The highest BCUT2D eigenvalue weighted by molar-refractivity contribution is 5.40. The van der Waals surface area contributed by atoms with Crippen LogP contribution in [0.3, 0.4) is 0 Å². The minimum Gasteiger partial charge on any atom is -0.316 e. The first-order valence-corrected chi connectivity index (χ1v) is 6.37. The van der Waals surface area contributed by atoms with Gasteiger partial charge in [0.15, 0.2) is 0 Å². The van der Waals surface area contributed by atoms with Gasteiger partial charge in [-0.3, -0.25) is 0 Å². The smallest absolute Gasteiger partial charge is 0.316 e. The van der Waals surface area contributed by atoms with Gasteiger partial charge in [-0.15, -0.1) is 6.42 Å². The third-order valence-corrected chi connectivity index (χ3v) is 3.41. The van der Waals surface area contributed by atoms with Crippen LogP contribution in [0.15, 0.2) is 18.2 Å². The van der Waals surface area contributed by atoms with Crippen LogP contribution in [0.1, 0.15) is 29.5 Å². The number of hydrogen-bond donors (Lipinski definition) is 1. The molecule has 1 aromatic rings. The van der Waals surface area contributed by atoms with Crippen LogP contribution in [0.25, 0.3) is 0 Å². The van der Waals surface area contributed by atoms with Crippen LogP contribution in [-0.4, -0.2) is 13.1 Å². The van der Waals surface area contributed by atoms with Gasteiger partial charge in [-0.05, 0) is 62.0 Å². The number of piperidine rings is 1. The molecular weight excluding hydrogens is 251 g/mol. The molecule has 0 aromatic heterocycles. The Bertz CT molecular complexity index is 479. The molecule has 0 unspecified atom stereocenters. The summed E-state index contributed by atoms with van der Waals surface area (Å²) >= 11 is 0. The number of nitrogens with one attached hydrogen (secondary N) is 1. The molecule has 1 fully saturated rings. The Balaban J connectivity index is 2.22. The summed E-state index contributed by atoms with van der Waals surface area (Å²) in [5.41, 5.74) is 0.326. The molecule has 19 heavy (non-hydrogen) atoms. The van der Waals surface area contributed by atoms with Crippen molar-refractivity contribution < 1.29 is 13.2 Å². The Hall–Kier alpha value is -1.47. The minimum atomic E-state index is -4.34. The van der Waals surface area contributed by atoms with Crippen LogP contribution in [0, 0.1) is 18.3 Å². The largest absolute Gasteiger partial charge is 0.416 e. The normalized spacial score (nSPS) is 20.0. The van der Waals surface area contributed by atoms with Crippen LogP contribution < -0.4 is 5.32 Å². The van der Waals surface area contributed by atoms with Crippen molar-refractivity contribution in [2.45, 2.75) is 25.4 Å². The Morgan fingerprint density at radius 2 is 2.11 bits per heavy atom. The van der Waals surface area contributed by atoms with Crippen LogP contribution in [0.5, 0.6) is 0 Å². The monoisotopic (exact) mass is 267 g/mol. The molecule has 0 aliphatic carbocycles. The maximum atomic E-state index is 12.8. The van der Waals surface area contributed by atoms with Crippen molar-refractivity contribution in [2.75, 3.05) is 13.1 Å². The molecule has 1 aliphatic rings. The predicted octanol–water partition coefficient (Wildman–Crippen LogP) is 3.23. The van der Waals surface area contributed by atoms with Crippen molar-refractivity contribution in [3.63, 3.8) is 0 Å². The molecule has 2 rings (SSSR count). The van der Waals surface area contributed by atoms with Gasteiger partial charge in [0.05, 0.1) is 5.56 Å². The molecule has 4 heteroatoms. The number of benzene rings is 1. The van der Waals surface area contributed by atoms with E-state index in [-0.39, 0.29) is 0 Å². The van der Waals surface area contributed by atoms with E-state index >= 15 is 0 Å². The van der Waals surface area contributed by atoms with Gasteiger partial charge in [-0.1, -0.05) is 5.92 Å². The van der Waals surface area contributed by atoms with E-state index in [4.69, 9.17) is 6.42 Å². The van der Waals surface area contributed by atoms with E-state index in [0.717, 1.165) is 32.0 Å². The molecule has 102 valence electrons. The van der Waals surface area contributed by atoms with Crippen molar-refractivity contribution in [3.05, 3.63) is 34.9 Å². The third-order valence-electron chi connectivity index (χ3n) is 3.41. The molecule has 1 atom stereocenters. The lowest BCUT2D eigenvalue weighted by molar-refractivity contribution is -0.137. The quantitative estimate of drug-likeness (QED) is 0.811. The fourth-order valence-electron chi connectivity index (χ4n) is 2.49. The molecule has 1 heterocycles. The topological polar surface area (TPSA) is 12.0 Å². The molecule has 0 bridgehead atoms. The van der Waals surface area contributed by atoms with Crippen molar-refractivity contribution >= 4 is 0 Å². The molecule has 0 spiro atoms. The first kappa shape index (κ1) is 14.0. The van der Waals surface area contributed by atoms with E-state index in [2.05, 4.69) is 11.2 Å². The highest BCUT2D eigenvalue weighted by Gasteiger charge is 2.31. The highest BCUT2D eigenvalue weighted by Crippen LogP contribution is 2.31. The second-order valence-corrected chi connectivity index (χ2v) is 4.98. The molecule has 0 amide bonds. The maximum Gasteiger partial charge on any atom is 0.416 e. The summed E-state index contributed by atoms with van der Waals surface area (Å²) in [6.45, 7) is 1.86. The molecule has 1 aliphatic heterocycles. The van der Waals surface area contributed by atoms with E-state index in [1.165, 1.54) is 6.07 Å². The molecule has 1 saturated heterocycles. The lowest BCUT2D eigenvalue weighted by Crippen LogP contribution is -2.30. The Morgan fingerprint density at radius 1 is 1.32 bits per heavy atom. The maximum absolute atomic E-state index is 12.8. The van der Waals surface area contributed by atoms with Crippen LogP contribution in [0.4, 0.5) is 13.2 Å². The van der Waals surface area contributed by atoms with Gasteiger partial charge >= 0.3 is 6.18 Å². The first-order chi connectivity index (χ1) is 8.99. The summed E-state index contributed by atoms with van der Waals surface area (Å²) in [5, 5.41) is 3.27. The van der Waals surface area contributed by atoms with Crippen molar-refractivity contribution in [1.82, 2.24) is 5.32 Å². The average molecular weight is 267 g/mol. The van der Waals surface area contributed by atoms with Crippen molar-refractivity contribution in [2.24, 2.45) is 5.92 Å². The molecule has 0 saturated carbocycles. The molecule has 1 aromatic carbocycles. The fraction of sp³-hybridized carbons (Fsp3) is 0.467. The predicted molar refractivity (Wildman–Crippen MR) is 68.7 cm³/mol. The second-order valence-electron chi connectivity index (χ2n) is 4.98. The summed E-state index contributed by atoms with van der Waals surface area (Å²) in [5.74, 6) is 2.69. The Kier molecular flexibility index (Phi) is 4.16. The highest BCUT2D eigenvalue weighted by atomic mass is 19.4. The lowest BCUT2D eigenvalue weighted by atomic mass is 9.91. The summed E-state index contributed by atoms with van der Waals surface area (Å²) < 4.78 is 38.3. The zero-order chi connectivity index (χ0) is 13.9. The van der Waals surface area contributed by atoms with Gasteiger partial charge in [-0.2, -0.15) is 13.2 Å². The first-order valence-electron chi connectivity index (χ1n) is 6.37. The minimum absolute atomic E-state index is 0.300. The van der Waals surface area contributed by atoms with Gasteiger partial charge in [0.1, 0.15) is 0 Å². The number of halogens is 3. The van der Waals surface area contributed by atoms with Gasteiger partial charge in [0.25, 0.3) is 0 Å². The summed E-state index contributed by atoms with van der Waals surface area (Å²) in [4.78, 5) is 0. The fourth-order valence-corrected chi connectivity index (χ4v) is 2.49. The average Bonchev–Trinajstić information content (AvgIpc) is 2.38. The van der Waals surface area contributed by atoms with Gasteiger partial charge < -0.3 is 5.32 Å². The van der Waals surface area contributed by atoms with Crippen LogP contribution >= 0.6 is 0 Å². The number of hydrogen-bond acceptors (Lipinski definition) is 1. The molecular formula is C15H16F3N. The summed E-state index contributed by atoms with van der Waals surface area (Å²) in [7, 11) is 0. The van der Waals surface area contributed by atoms with E-state index in [1.807, 2.05) is 0 Å². The van der Waals surface area contributed by atoms with E-state index in [0.29, 0.717) is 23.5 Å². The lowest BCUT2D eigenvalue weighted by Gasteiger charge is -2.23. The Morgan fingerprint density at radius 3 is 2.68 bits per heavy atom. The van der Waals surface area contributed by atoms with Crippen molar-refractivity contribution in [3.8, 4) is 12.3 Å². The standard InChI is InChI=1S/C15H16F3N/c1-2-11-6-13(7-12-4-3-5-19-10-12)9-14(8-11)15(16,17)18/h1,6,8-9,12,19H,3-5,7,10H2/t12-/m0/s1. The van der Waals surface area contributed by atoms with Crippen LogP contribution in [-0.2, 0) is 12.6 Å². The summed E-state index contributed by atoms with van der Waals surface area (Å²) in [6, 6.07) is 3.93. The second kappa shape index (κ2) is 5.66. The zero-order valence-corrected chi connectivity index (χ0v) is 10.6. The van der Waals surface area contributed by atoms with Gasteiger partial charge in [0, 0.05) is 5.56 Å². The van der Waals surface area contributed by atoms with Gasteiger partial charge in [0.2, 0.25) is 0 Å². The van der Waals surface area contributed by atoms with E-state index in [9.17, 15) is 13.2 Å². The third kappa shape index (κ3) is 3.74. The SMILES string of the molecule is C#Cc1cc(C[C@@H]2CCCNC2)cc(C(F)(F)F)c1. The zero-order valence-electron chi connectivity index (χ0n) is 10.6. The molecule has 0 radical (unpaired) electrons. The van der Waals surface area contributed by atoms with Crippen molar-refractivity contribution in [1.29, 1.82) is 0 Å². The number of rotatable bonds is 2. The Labute approximate surface area is 111 Å². The number of terminal acetylenes is 1. The van der Waals surface area contributed by atoms with Gasteiger partial charge in [-0.25, -0.2) is 0 Å². The van der Waals surface area contributed by atoms with E-state index in [1.54, 1.807) is 6.07 Å². The van der Waals surface area contributed by atoms with Crippen LogP contribution in [0.2, 0.25) is 0 Å². The number of alkyl halides is 3. The molecule has 1 N–H and O–H groups in total. The van der Waals surface area contributed by atoms with E-state index < -0.39 is 11.7 Å². The summed E-state index contributed by atoms with van der Waals surface area (Å²) in [6.07, 6.45) is 3.66.